The normalized spacial score (nSPS) is 21.1. The lowest BCUT2D eigenvalue weighted by atomic mass is 9.77. The Morgan fingerprint density at radius 1 is 1.25 bits per heavy atom. The number of ether oxygens (including phenoxy) is 1. The Balaban J connectivity index is 1.86. The highest BCUT2D eigenvalue weighted by Crippen LogP contribution is 2.46. The Hall–Kier alpha value is -2.95. The minimum Gasteiger partial charge on any atom is -0.497 e. The van der Waals surface area contributed by atoms with Crippen LogP contribution in [0.2, 0.25) is 0 Å². The standard InChI is InChI=1S/C23H23FN2O2/c1-14(12-15(2)27)26-23(18-6-4-5-7-21(18)24)19-11-9-16-8-10-17(28-3)13-20(16)22(19)25-26/h4-8,10,12-13,19,23H,9,11H2,1-3H3/b14-12+/t19-,23+/m0/s1. The molecule has 2 aromatic rings. The van der Waals surface area contributed by atoms with Crippen molar-refractivity contribution in [1.82, 2.24) is 5.01 Å². The van der Waals surface area contributed by atoms with Gasteiger partial charge in [-0.2, -0.15) is 5.10 Å². The summed E-state index contributed by atoms with van der Waals surface area (Å²) in [4.78, 5) is 11.7. The maximum atomic E-state index is 14.7. The molecule has 4 rings (SSSR count). The molecule has 1 aliphatic carbocycles. The lowest BCUT2D eigenvalue weighted by Gasteiger charge is -2.31. The second-order valence-corrected chi connectivity index (χ2v) is 7.36. The molecule has 0 spiro atoms. The molecule has 28 heavy (non-hydrogen) atoms. The number of rotatable bonds is 4. The van der Waals surface area contributed by atoms with Gasteiger partial charge in [-0.3, -0.25) is 9.80 Å². The first kappa shape index (κ1) is 18.4. The predicted molar refractivity (Wildman–Crippen MR) is 107 cm³/mol. The van der Waals surface area contributed by atoms with Crippen LogP contribution < -0.4 is 4.74 Å². The van der Waals surface area contributed by atoms with Gasteiger partial charge in [0, 0.05) is 28.8 Å². The number of hydrogen-bond acceptors (Lipinski definition) is 4. The van der Waals surface area contributed by atoms with Crippen molar-refractivity contribution in [1.29, 1.82) is 0 Å². The number of hydrogen-bond donors (Lipinski definition) is 0. The Morgan fingerprint density at radius 3 is 2.75 bits per heavy atom. The SMILES string of the molecule is COc1ccc2c(c1)C1=NN(/C(C)=C/C(C)=O)[C@H](c3ccccc3F)[C@H]1CC2. The van der Waals surface area contributed by atoms with Gasteiger partial charge in [0.2, 0.25) is 0 Å². The lowest BCUT2D eigenvalue weighted by molar-refractivity contribution is -0.112. The van der Waals surface area contributed by atoms with E-state index in [1.165, 1.54) is 18.6 Å². The number of hydrazone groups is 1. The van der Waals surface area contributed by atoms with Crippen molar-refractivity contribution < 1.29 is 13.9 Å². The summed E-state index contributed by atoms with van der Waals surface area (Å²) in [7, 11) is 1.65. The number of halogens is 1. The highest BCUT2D eigenvalue weighted by atomic mass is 19.1. The predicted octanol–water partition coefficient (Wildman–Crippen LogP) is 4.65. The van der Waals surface area contributed by atoms with Crippen molar-refractivity contribution in [3.8, 4) is 5.75 Å². The molecule has 2 atom stereocenters. The van der Waals surface area contributed by atoms with E-state index in [9.17, 15) is 9.18 Å². The monoisotopic (exact) mass is 378 g/mol. The molecule has 5 heteroatoms. The number of allylic oxidation sites excluding steroid dienone is 2. The van der Waals surface area contributed by atoms with Crippen LogP contribution in [-0.4, -0.2) is 23.6 Å². The summed E-state index contributed by atoms with van der Waals surface area (Å²) < 4.78 is 20.1. The zero-order valence-electron chi connectivity index (χ0n) is 16.3. The van der Waals surface area contributed by atoms with Gasteiger partial charge in [-0.05, 0) is 50.5 Å². The Bertz CT molecular complexity index is 996. The van der Waals surface area contributed by atoms with E-state index in [1.54, 1.807) is 19.3 Å². The van der Waals surface area contributed by atoms with E-state index in [4.69, 9.17) is 9.84 Å². The third-order valence-electron chi connectivity index (χ3n) is 5.53. The van der Waals surface area contributed by atoms with Crippen LogP contribution in [0.25, 0.3) is 0 Å². The first-order valence-electron chi connectivity index (χ1n) is 9.48. The molecule has 4 nitrogen and oxygen atoms in total. The first-order chi connectivity index (χ1) is 13.5. The van der Waals surface area contributed by atoms with Gasteiger partial charge in [0.15, 0.2) is 5.78 Å². The highest BCUT2D eigenvalue weighted by molar-refractivity contribution is 6.06. The van der Waals surface area contributed by atoms with Crippen LogP contribution >= 0.6 is 0 Å². The molecule has 1 aliphatic heterocycles. The molecule has 0 bridgehead atoms. The fourth-order valence-electron chi connectivity index (χ4n) is 4.29. The molecule has 0 aromatic heterocycles. The molecule has 0 saturated carbocycles. The maximum Gasteiger partial charge on any atom is 0.154 e. The van der Waals surface area contributed by atoms with Crippen LogP contribution in [0.4, 0.5) is 4.39 Å². The van der Waals surface area contributed by atoms with Crippen molar-refractivity contribution in [3.05, 3.63) is 76.7 Å². The third kappa shape index (κ3) is 3.11. The molecule has 0 N–H and O–H groups in total. The number of nitrogens with zero attached hydrogens (tertiary/aromatic N) is 2. The molecule has 144 valence electrons. The average Bonchev–Trinajstić information content (AvgIpc) is 3.07. The fourth-order valence-corrected chi connectivity index (χ4v) is 4.29. The summed E-state index contributed by atoms with van der Waals surface area (Å²) in [5, 5.41) is 6.70. The zero-order chi connectivity index (χ0) is 19.8. The van der Waals surface area contributed by atoms with E-state index in [2.05, 4.69) is 6.07 Å². The molecule has 2 aromatic carbocycles. The molecule has 1 heterocycles. The minimum absolute atomic E-state index is 0.0480. The molecule has 0 saturated heterocycles. The Kier molecular flexibility index (Phi) is 4.75. The van der Waals surface area contributed by atoms with E-state index < -0.39 is 0 Å². The lowest BCUT2D eigenvalue weighted by Crippen LogP contribution is -2.29. The highest BCUT2D eigenvalue weighted by Gasteiger charge is 2.43. The number of methoxy groups -OCH3 is 1. The number of ketones is 1. The number of benzene rings is 2. The Labute approximate surface area is 164 Å². The zero-order valence-corrected chi connectivity index (χ0v) is 16.3. The second-order valence-electron chi connectivity index (χ2n) is 7.36. The average molecular weight is 378 g/mol. The third-order valence-corrected chi connectivity index (χ3v) is 5.53. The van der Waals surface area contributed by atoms with Crippen LogP contribution in [0.1, 0.15) is 43.0 Å². The van der Waals surface area contributed by atoms with Crippen molar-refractivity contribution in [2.75, 3.05) is 7.11 Å². The van der Waals surface area contributed by atoms with Crippen LogP contribution in [0.5, 0.6) is 5.75 Å². The van der Waals surface area contributed by atoms with E-state index in [0.29, 0.717) is 11.3 Å². The largest absolute Gasteiger partial charge is 0.497 e. The van der Waals surface area contributed by atoms with Gasteiger partial charge >= 0.3 is 0 Å². The van der Waals surface area contributed by atoms with E-state index in [-0.39, 0.29) is 23.6 Å². The quantitative estimate of drug-likeness (QED) is 0.727. The molecule has 0 fully saturated rings. The molecular weight excluding hydrogens is 355 g/mol. The van der Waals surface area contributed by atoms with Gasteiger partial charge < -0.3 is 4.74 Å². The van der Waals surface area contributed by atoms with E-state index in [1.807, 2.05) is 36.2 Å². The number of carbonyl (C=O) groups is 1. The van der Waals surface area contributed by atoms with Crippen molar-refractivity contribution >= 4 is 11.5 Å². The number of aryl methyl sites for hydroxylation is 1. The minimum atomic E-state index is -0.272. The summed E-state index contributed by atoms with van der Waals surface area (Å²) in [5.74, 6) is 0.522. The maximum absolute atomic E-state index is 14.7. The molecule has 0 amide bonds. The molecule has 2 aliphatic rings. The summed E-state index contributed by atoms with van der Waals surface area (Å²) in [6.45, 7) is 3.36. The number of fused-ring (bicyclic) bond motifs is 3. The van der Waals surface area contributed by atoms with E-state index >= 15 is 0 Å². The van der Waals surface area contributed by atoms with Crippen molar-refractivity contribution in [3.63, 3.8) is 0 Å². The molecular formula is C23H23FN2O2. The summed E-state index contributed by atoms with van der Waals surface area (Å²) in [6, 6.07) is 12.6. The van der Waals surface area contributed by atoms with Crippen LogP contribution in [0.15, 0.2) is 59.3 Å². The smallest absolute Gasteiger partial charge is 0.154 e. The van der Waals surface area contributed by atoms with Gasteiger partial charge in [-0.15, -0.1) is 0 Å². The van der Waals surface area contributed by atoms with Gasteiger partial charge in [0.25, 0.3) is 0 Å². The van der Waals surface area contributed by atoms with E-state index in [0.717, 1.165) is 29.9 Å². The first-order valence-corrected chi connectivity index (χ1v) is 9.48. The summed E-state index contributed by atoms with van der Waals surface area (Å²) >= 11 is 0. The van der Waals surface area contributed by atoms with Crippen molar-refractivity contribution in [2.24, 2.45) is 11.0 Å². The molecule has 0 unspecified atom stereocenters. The topological polar surface area (TPSA) is 41.9 Å². The summed E-state index contributed by atoms with van der Waals surface area (Å²) in [5.41, 5.74) is 4.53. The Morgan fingerprint density at radius 2 is 2.04 bits per heavy atom. The van der Waals surface area contributed by atoms with Crippen LogP contribution in [0, 0.1) is 11.7 Å². The van der Waals surface area contributed by atoms with Gasteiger partial charge in [-0.25, -0.2) is 4.39 Å². The van der Waals surface area contributed by atoms with Gasteiger partial charge in [-0.1, -0.05) is 24.3 Å². The fraction of sp³-hybridized carbons (Fsp3) is 0.304. The van der Waals surface area contributed by atoms with Crippen LogP contribution in [-0.2, 0) is 11.2 Å². The number of carbonyl (C=O) groups excluding carboxylic acids is 1. The molecule has 0 radical (unpaired) electrons. The second kappa shape index (κ2) is 7.23. The van der Waals surface area contributed by atoms with Crippen LogP contribution in [0.3, 0.4) is 0 Å². The van der Waals surface area contributed by atoms with Gasteiger partial charge in [0.1, 0.15) is 11.6 Å². The van der Waals surface area contributed by atoms with Gasteiger partial charge in [0.05, 0.1) is 18.9 Å². The summed E-state index contributed by atoms with van der Waals surface area (Å²) in [6.07, 6.45) is 3.33. The van der Waals surface area contributed by atoms with Crippen molar-refractivity contribution in [2.45, 2.75) is 32.7 Å².